The van der Waals surface area contributed by atoms with Crippen LogP contribution < -0.4 is 0 Å². The van der Waals surface area contributed by atoms with Crippen molar-refractivity contribution in [3.8, 4) is 0 Å². The van der Waals surface area contributed by atoms with Gasteiger partial charge in [-0.1, -0.05) is 12.2 Å². The first-order valence-corrected chi connectivity index (χ1v) is 3.46. The van der Waals surface area contributed by atoms with E-state index in [-0.39, 0.29) is 0 Å². The Bertz CT molecular complexity index is 167. The normalized spacial score (nSPS) is 31.1. The Kier molecular flexibility index (Phi) is 1.08. The third-order valence-electron chi connectivity index (χ3n) is 1.95. The number of allylic oxidation sites excluding steroid dienone is 4. The molecule has 1 saturated heterocycles. The number of ether oxygens (including phenoxy) is 1. The molecule has 1 aliphatic carbocycles. The molecule has 0 aromatic heterocycles. The lowest BCUT2D eigenvalue weighted by atomic mass is 9.98. The summed E-state index contributed by atoms with van der Waals surface area (Å²) in [4.78, 5) is 0. The zero-order valence-corrected chi connectivity index (χ0v) is 5.34. The van der Waals surface area contributed by atoms with E-state index in [0.717, 1.165) is 12.5 Å². The van der Waals surface area contributed by atoms with E-state index in [0.29, 0.717) is 0 Å². The number of hydrogen-bond acceptors (Lipinski definition) is 1. The van der Waals surface area contributed by atoms with Crippen LogP contribution in [0.4, 0.5) is 0 Å². The summed E-state index contributed by atoms with van der Waals surface area (Å²) in [6, 6.07) is 0. The van der Waals surface area contributed by atoms with Gasteiger partial charge in [-0.05, 0) is 18.9 Å². The third kappa shape index (κ3) is 0.766. The van der Waals surface area contributed by atoms with Gasteiger partial charge in [-0.15, -0.1) is 0 Å². The topological polar surface area (TPSA) is 9.23 Å². The van der Waals surface area contributed by atoms with Crippen molar-refractivity contribution in [2.45, 2.75) is 12.8 Å². The lowest BCUT2D eigenvalue weighted by Crippen LogP contribution is -1.97. The van der Waals surface area contributed by atoms with Crippen LogP contribution in [-0.4, -0.2) is 6.61 Å². The van der Waals surface area contributed by atoms with Crippen LogP contribution >= 0.6 is 0 Å². The molecule has 0 radical (unpaired) electrons. The summed E-state index contributed by atoms with van der Waals surface area (Å²) in [5, 5.41) is 0. The summed E-state index contributed by atoms with van der Waals surface area (Å²) in [5.74, 6) is 1.92. The standard InChI is InChI=1S/C8H10O/c1-2-4-8-7(3-1)5-6-9-8/h1-2,4,7H,3,5-6H2. The molecule has 48 valence electrons. The van der Waals surface area contributed by atoms with Crippen molar-refractivity contribution < 1.29 is 4.74 Å². The van der Waals surface area contributed by atoms with E-state index < -0.39 is 0 Å². The van der Waals surface area contributed by atoms with Gasteiger partial charge in [-0.3, -0.25) is 0 Å². The summed E-state index contributed by atoms with van der Waals surface area (Å²) in [7, 11) is 0. The van der Waals surface area contributed by atoms with Gasteiger partial charge >= 0.3 is 0 Å². The second-order valence-electron chi connectivity index (χ2n) is 2.57. The second kappa shape index (κ2) is 1.90. The number of hydrogen-bond donors (Lipinski definition) is 0. The van der Waals surface area contributed by atoms with Crippen LogP contribution in [0.15, 0.2) is 24.0 Å². The van der Waals surface area contributed by atoms with Crippen molar-refractivity contribution >= 4 is 0 Å². The smallest absolute Gasteiger partial charge is 0.0994 e. The van der Waals surface area contributed by atoms with Crippen LogP contribution in [-0.2, 0) is 4.74 Å². The maximum Gasteiger partial charge on any atom is 0.0994 e. The van der Waals surface area contributed by atoms with E-state index in [1.807, 2.05) is 0 Å². The number of rotatable bonds is 0. The number of fused-ring (bicyclic) bond motifs is 1. The molecular formula is C8H10O. The molecule has 0 amide bonds. The molecule has 1 nitrogen and oxygen atoms in total. The fourth-order valence-electron chi connectivity index (χ4n) is 1.40. The van der Waals surface area contributed by atoms with Crippen molar-refractivity contribution in [1.82, 2.24) is 0 Å². The largest absolute Gasteiger partial charge is 0.498 e. The van der Waals surface area contributed by atoms with Gasteiger partial charge in [0.1, 0.15) is 0 Å². The minimum absolute atomic E-state index is 0.718. The van der Waals surface area contributed by atoms with Crippen molar-refractivity contribution in [3.05, 3.63) is 24.0 Å². The Morgan fingerprint density at radius 2 is 2.56 bits per heavy atom. The first-order valence-electron chi connectivity index (χ1n) is 3.46. The minimum Gasteiger partial charge on any atom is -0.498 e. The fourth-order valence-corrected chi connectivity index (χ4v) is 1.40. The van der Waals surface area contributed by atoms with Crippen molar-refractivity contribution in [3.63, 3.8) is 0 Å². The molecule has 2 aliphatic rings. The SMILES string of the molecule is C1=CCC2CCOC2=C1. The lowest BCUT2D eigenvalue weighted by molar-refractivity contribution is 0.258. The van der Waals surface area contributed by atoms with E-state index in [9.17, 15) is 0 Å². The average molecular weight is 122 g/mol. The van der Waals surface area contributed by atoms with Gasteiger partial charge in [0, 0.05) is 5.92 Å². The predicted octanol–water partition coefficient (Wildman–Crippen LogP) is 1.87. The van der Waals surface area contributed by atoms with E-state index in [2.05, 4.69) is 18.2 Å². The summed E-state index contributed by atoms with van der Waals surface area (Å²) in [6.07, 6.45) is 8.78. The van der Waals surface area contributed by atoms with Crippen molar-refractivity contribution in [2.75, 3.05) is 6.61 Å². The molecule has 0 N–H and O–H groups in total. The van der Waals surface area contributed by atoms with Gasteiger partial charge in [-0.25, -0.2) is 0 Å². The van der Waals surface area contributed by atoms with Gasteiger partial charge in [0.2, 0.25) is 0 Å². The lowest BCUT2D eigenvalue weighted by Gasteiger charge is -2.08. The van der Waals surface area contributed by atoms with Gasteiger partial charge in [0.15, 0.2) is 0 Å². The van der Waals surface area contributed by atoms with Crippen LogP contribution in [0.25, 0.3) is 0 Å². The monoisotopic (exact) mass is 122 g/mol. The summed E-state index contributed by atoms with van der Waals surface area (Å²) in [6.45, 7) is 0.929. The van der Waals surface area contributed by atoms with Crippen molar-refractivity contribution in [2.24, 2.45) is 5.92 Å². The maximum absolute atomic E-state index is 5.37. The average Bonchev–Trinajstić information content (AvgIpc) is 2.33. The van der Waals surface area contributed by atoms with E-state index in [4.69, 9.17) is 4.74 Å². The molecule has 9 heavy (non-hydrogen) atoms. The molecule has 1 fully saturated rings. The molecule has 1 atom stereocenters. The van der Waals surface area contributed by atoms with Crippen molar-refractivity contribution in [1.29, 1.82) is 0 Å². The molecule has 0 spiro atoms. The Labute approximate surface area is 55.0 Å². The first-order chi connectivity index (χ1) is 4.47. The van der Waals surface area contributed by atoms with Crippen LogP contribution in [0.3, 0.4) is 0 Å². The van der Waals surface area contributed by atoms with Gasteiger partial charge in [0.25, 0.3) is 0 Å². The first kappa shape index (κ1) is 5.10. The van der Waals surface area contributed by atoms with Gasteiger partial charge in [0.05, 0.1) is 12.4 Å². The van der Waals surface area contributed by atoms with E-state index in [1.54, 1.807) is 0 Å². The zero-order chi connectivity index (χ0) is 6.10. The Hall–Kier alpha value is -0.720. The molecule has 1 aliphatic heterocycles. The molecule has 1 heteroatoms. The third-order valence-corrected chi connectivity index (χ3v) is 1.95. The molecule has 0 aromatic rings. The highest BCUT2D eigenvalue weighted by atomic mass is 16.5. The van der Waals surface area contributed by atoms with Crippen LogP contribution in [0, 0.1) is 5.92 Å². The fraction of sp³-hybridized carbons (Fsp3) is 0.500. The van der Waals surface area contributed by atoms with Crippen LogP contribution in [0.1, 0.15) is 12.8 Å². The predicted molar refractivity (Wildman–Crippen MR) is 35.9 cm³/mol. The highest BCUT2D eigenvalue weighted by molar-refractivity contribution is 5.18. The Morgan fingerprint density at radius 3 is 3.44 bits per heavy atom. The molecule has 0 aromatic carbocycles. The van der Waals surface area contributed by atoms with E-state index in [1.165, 1.54) is 18.6 Å². The zero-order valence-electron chi connectivity index (χ0n) is 5.34. The molecule has 1 heterocycles. The van der Waals surface area contributed by atoms with E-state index >= 15 is 0 Å². The highest BCUT2D eigenvalue weighted by Gasteiger charge is 2.21. The highest BCUT2D eigenvalue weighted by Crippen LogP contribution is 2.30. The molecule has 2 rings (SSSR count). The quantitative estimate of drug-likeness (QED) is 0.476. The molecule has 1 unspecified atom stereocenters. The minimum atomic E-state index is 0.718. The summed E-state index contributed by atoms with van der Waals surface area (Å²) >= 11 is 0. The van der Waals surface area contributed by atoms with Gasteiger partial charge in [-0.2, -0.15) is 0 Å². The maximum atomic E-state index is 5.37. The molecule has 0 saturated carbocycles. The Morgan fingerprint density at radius 1 is 1.56 bits per heavy atom. The van der Waals surface area contributed by atoms with Gasteiger partial charge < -0.3 is 4.74 Å². The van der Waals surface area contributed by atoms with Crippen LogP contribution in [0.2, 0.25) is 0 Å². The summed E-state index contributed by atoms with van der Waals surface area (Å²) in [5.41, 5.74) is 0. The molecule has 0 bridgehead atoms. The van der Waals surface area contributed by atoms with Crippen LogP contribution in [0.5, 0.6) is 0 Å². The summed E-state index contributed by atoms with van der Waals surface area (Å²) < 4.78 is 5.37. The molecular weight excluding hydrogens is 112 g/mol. The Balaban J connectivity index is 2.23. The second-order valence-corrected chi connectivity index (χ2v) is 2.57.